The Labute approximate surface area is 99.6 Å². The Kier molecular flexibility index (Phi) is 2.81. The Morgan fingerprint density at radius 2 is 2.18 bits per heavy atom. The maximum atomic E-state index is 13.2. The highest BCUT2D eigenvalue weighted by molar-refractivity contribution is 5.78. The average Bonchev–Trinajstić information content (AvgIpc) is 2.73. The predicted molar refractivity (Wildman–Crippen MR) is 65.3 cm³/mol. The average molecular weight is 233 g/mol. The van der Waals surface area contributed by atoms with Gasteiger partial charge in [0, 0.05) is 11.9 Å². The Bertz CT molecular complexity index is 514. The van der Waals surface area contributed by atoms with E-state index in [-0.39, 0.29) is 5.82 Å². The molecule has 0 radical (unpaired) electrons. The molecule has 0 spiro atoms. The van der Waals surface area contributed by atoms with E-state index in [9.17, 15) is 4.39 Å². The van der Waals surface area contributed by atoms with E-state index in [0.29, 0.717) is 5.92 Å². The van der Waals surface area contributed by atoms with Gasteiger partial charge in [0.2, 0.25) is 0 Å². The van der Waals surface area contributed by atoms with E-state index in [0.717, 1.165) is 30.5 Å². The second kappa shape index (κ2) is 4.45. The van der Waals surface area contributed by atoms with Crippen molar-refractivity contribution in [2.75, 3.05) is 13.1 Å². The molecule has 0 bridgehead atoms. The van der Waals surface area contributed by atoms with Crippen molar-refractivity contribution >= 4 is 10.9 Å². The highest BCUT2D eigenvalue weighted by Crippen LogP contribution is 2.19. The normalized spacial score (nSPS) is 17.7. The first-order valence-corrected chi connectivity index (χ1v) is 6.15. The minimum atomic E-state index is -0.190. The topological polar surface area (TPSA) is 29.9 Å². The zero-order valence-electron chi connectivity index (χ0n) is 9.69. The van der Waals surface area contributed by atoms with Gasteiger partial charge >= 0.3 is 0 Å². The molecular weight excluding hydrogens is 217 g/mol. The molecule has 1 aromatic carbocycles. The lowest BCUT2D eigenvalue weighted by Gasteiger charge is -2.22. The standard InChI is InChI=1S/C13H16FN3/c14-12-2-1-11-8-16-17(13(11)7-12)9-10-3-5-15-6-4-10/h1-2,7-8,10,15H,3-6,9H2. The minimum Gasteiger partial charge on any atom is -0.317 e. The molecule has 0 saturated carbocycles. The maximum absolute atomic E-state index is 13.2. The number of piperidine rings is 1. The highest BCUT2D eigenvalue weighted by Gasteiger charge is 2.15. The van der Waals surface area contributed by atoms with Gasteiger partial charge in [-0.15, -0.1) is 0 Å². The fourth-order valence-electron chi connectivity index (χ4n) is 2.50. The van der Waals surface area contributed by atoms with Gasteiger partial charge in [-0.25, -0.2) is 4.39 Å². The second-order valence-electron chi connectivity index (χ2n) is 4.72. The Balaban J connectivity index is 1.86. The monoisotopic (exact) mass is 233 g/mol. The van der Waals surface area contributed by atoms with Gasteiger partial charge in [0.05, 0.1) is 11.7 Å². The summed E-state index contributed by atoms with van der Waals surface area (Å²) in [6.45, 7) is 3.06. The summed E-state index contributed by atoms with van der Waals surface area (Å²) in [6, 6.07) is 4.85. The molecule has 1 fully saturated rings. The Hall–Kier alpha value is -1.42. The molecule has 90 valence electrons. The van der Waals surface area contributed by atoms with E-state index in [1.54, 1.807) is 12.1 Å². The van der Waals surface area contributed by atoms with Crippen LogP contribution in [0.15, 0.2) is 24.4 Å². The number of aromatic nitrogens is 2. The molecule has 0 aliphatic carbocycles. The summed E-state index contributed by atoms with van der Waals surface area (Å²) < 4.78 is 15.2. The number of hydrogen-bond acceptors (Lipinski definition) is 2. The van der Waals surface area contributed by atoms with Crippen molar-refractivity contribution < 1.29 is 4.39 Å². The molecule has 3 nitrogen and oxygen atoms in total. The smallest absolute Gasteiger partial charge is 0.125 e. The third-order valence-electron chi connectivity index (χ3n) is 3.50. The van der Waals surface area contributed by atoms with Crippen molar-refractivity contribution in [1.82, 2.24) is 15.1 Å². The third-order valence-corrected chi connectivity index (χ3v) is 3.50. The van der Waals surface area contributed by atoms with Crippen LogP contribution in [0.3, 0.4) is 0 Å². The van der Waals surface area contributed by atoms with E-state index < -0.39 is 0 Å². The molecule has 1 N–H and O–H groups in total. The van der Waals surface area contributed by atoms with E-state index in [1.807, 2.05) is 10.9 Å². The van der Waals surface area contributed by atoms with Crippen LogP contribution in [0.2, 0.25) is 0 Å². The van der Waals surface area contributed by atoms with Crippen molar-refractivity contribution in [3.05, 3.63) is 30.2 Å². The second-order valence-corrected chi connectivity index (χ2v) is 4.72. The van der Waals surface area contributed by atoms with Gasteiger partial charge in [0.15, 0.2) is 0 Å². The fraction of sp³-hybridized carbons (Fsp3) is 0.462. The fourth-order valence-corrected chi connectivity index (χ4v) is 2.50. The van der Waals surface area contributed by atoms with Gasteiger partial charge < -0.3 is 5.32 Å². The highest BCUT2D eigenvalue weighted by atomic mass is 19.1. The van der Waals surface area contributed by atoms with Crippen LogP contribution < -0.4 is 5.32 Å². The molecule has 3 rings (SSSR count). The quantitative estimate of drug-likeness (QED) is 0.861. The SMILES string of the molecule is Fc1ccc2cnn(CC3CCNCC3)c2c1. The van der Waals surface area contributed by atoms with Crippen molar-refractivity contribution in [3.8, 4) is 0 Å². The van der Waals surface area contributed by atoms with Crippen molar-refractivity contribution in [2.45, 2.75) is 19.4 Å². The van der Waals surface area contributed by atoms with Crippen molar-refractivity contribution in [2.24, 2.45) is 5.92 Å². The summed E-state index contributed by atoms with van der Waals surface area (Å²) in [7, 11) is 0. The summed E-state index contributed by atoms with van der Waals surface area (Å²) in [6.07, 6.45) is 4.17. The van der Waals surface area contributed by atoms with E-state index in [2.05, 4.69) is 10.4 Å². The van der Waals surface area contributed by atoms with E-state index >= 15 is 0 Å². The lowest BCUT2D eigenvalue weighted by atomic mass is 9.98. The molecule has 0 unspecified atom stereocenters. The molecule has 1 aliphatic rings. The van der Waals surface area contributed by atoms with Crippen LogP contribution in [0.25, 0.3) is 10.9 Å². The lowest BCUT2D eigenvalue weighted by molar-refractivity contribution is 0.325. The molecule has 2 heterocycles. The largest absolute Gasteiger partial charge is 0.317 e. The van der Waals surface area contributed by atoms with Gasteiger partial charge in [0.25, 0.3) is 0 Å². The molecule has 1 aromatic heterocycles. The summed E-state index contributed by atoms with van der Waals surface area (Å²) in [4.78, 5) is 0. The number of hydrogen-bond donors (Lipinski definition) is 1. The summed E-state index contributed by atoms with van der Waals surface area (Å²) in [5.74, 6) is 0.465. The molecule has 0 amide bonds. The number of rotatable bonds is 2. The lowest BCUT2D eigenvalue weighted by Crippen LogP contribution is -2.30. The van der Waals surface area contributed by atoms with Gasteiger partial charge in [-0.1, -0.05) is 0 Å². The van der Waals surface area contributed by atoms with Gasteiger partial charge in [-0.3, -0.25) is 4.68 Å². The van der Waals surface area contributed by atoms with Gasteiger partial charge in [0.1, 0.15) is 5.82 Å². The van der Waals surface area contributed by atoms with Gasteiger partial charge in [-0.05, 0) is 50.0 Å². The van der Waals surface area contributed by atoms with Crippen LogP contribution in [0, 0.1) is 11.7 Å². The summed E-state index contributed by atoms with van der Waals surface area (Å²) >= 11 is 0. The molecule has 1 aliphatic heterocycles. The molecule has 4 heteroatoms. The first-order valence-electron chi connectivity index (χ1n) is 6.15. The Morgan fingerprint density at radius 1 is 1.35 bits per heavy atom. The first-order chi connectivity index (χ1) is 8.33. The van der Waals surface area contributed by atoms with Crippen molar-refractivity contribution in [3.63, 3.8) is 0 Å². The maximum Gasteiger partial charge on any atom is 0.125 e. The van der Waals surface area contributed by atoms with Crippen LogP contribution in [0.5, 0.6) is 0 Å². The predicted octanol–water partition coefficient (Wildman–Crippen LogP) is 2.17. The number of halogens is 1. The molecular formula is C13H16FN3. The number of nitrogens with zero attached hydrogens (tertiary/aromatic N) is 2. The summed E-state index contributed by atoms with van der Waals surface area (Å²) in [5, 5.41) is 8.73. The van der Waals surface area contributed by atoms with E-state index in [4.69, 9.17) is 0 Å². The summed E-state index contributed by atoms with van der Waals surface area (Å²) in [5.41, 5.74) is 0.906. The zero-order chi connectivity index (χ0) is 11.7. The van der Waals surface area contributed by atoms with Crippen LogP contribution in [0.4, 0.5) is 4.39 Å². The molecule has 0 atom stereocenters. The Morgan fingerprint density at radius 3 is 3.00 bits per heavy atom. The van der Waals surface area contributed by atoms with Crippen LogP contribution in [-0.4, -0.2) is 22.9 Å². The first kappa shape index (κ1) is 10.7. The van der Waals surface area contributed by atoms with Crippen LogP contribution in [-0.2, 0) is 6.54 Å². The molecule has 2 aromatic rings. The number of fused-ring (bicyclic) bond motifs is 1. The zero-order valence-corrected chi connectivity index (χ0v) is 9.69. The molecule has 1 saturated heterocycles. The van der Waals surface area contributed by atoms with Crippen LogP contribution >= 0.6 is 0 Å². The van der Waals surface area contributed by atoms with Crippen molar-refractivity contribution in [1.29, 1.82) is 0 Å². The van der Waals surface area contributed by atoms with E-state index in [1.165, 1.54) is 18.9 Å². The van der Waals surface area contributed by atoms with Gasteiger partial charge in [-0.2, -0.15) is 5.10 Å². The van der Waals surface area contributed by atoms with Crippen LogP contribution in [0.1, 0.15) is 12.8 Å². The minimum absolute atomic E-state index is 0.190. The molecule has 17 heavy (non-hydrogen) atoms. The third kappa shape index (κ3) is 2.17. The number of nitrogens with one attached hydrogen (secondary N) is 1. The number of benzene rings is 1.